The number of para-hydroxylation sites is 2. The van der Waals surface area contributed by atoms with Crippen molar-refractivity contribution in [3.63, 3.8) is 0 Å². The van der Waals surface area contributed by atoms with E-state index in [2.05, 4.69) is 71.0 Å². The Morgan fingerprint density at radius 1 is 0.571 bits per heavy atom. The summed E-state index contributed by atoms with van der Waals surface area (Å²) < 4.78 is 12.1. The summed E-state index contributed by atoms with van der Waals surface area (Å²) >= 11 is 0. The van der Waals surface area contributed by atoms with E-state index < -0.39 is 0 Å². The van der Waals surface area contributed by atoms with Crippen LogP contribution in [0.3, 0.4) is 0 Å². The molecule has 4 heteroatoms. The molecule has 0 amide bonds. The van der Waals surface area contributed by atoms with Crippen LogP contribution in [-0.2, 0) is 0 Å². The summed E-state index contributed by atoms with van der Waals surface area (Å²) in [6.45, 7) is 0. The number of hydrogen-bond acceptors (Lipinski definition) is 4. The zero-order valence-electron chi connectivity index (χ0n) is 18.9. The maximum Gasteiger partial charge on any atom is 0.219 e. The summed E-state index contributed by atoms with van der Waals surface area (Å²) in [6, 6.07) is 35.9. The summed E-state index contributed by atoms with van der Waals surface area (Å²) in [6.07, 6.45) is 6.01. The number of hydrogen-bond donors (Lipinski definition) is 1. The fraction of sp³-hybridized carbons (Fsp3) is 0. The molecule has 0 fully saturated rings. The first-order chi connectivity index (χ1) is 17.3. The first kappa shape index (κ1) is 20.8. The number of aromatic nitrogens is 1. The molecule has 35 heavy (non-hydrogen) atoms. The summed E-state index contributed by atoms with van der Waals surface area (Å²) in [5.41, 5.74) is 6.66. The van der Waals surface area contributed by atoms with Crippen molar-refractivity contribution in [3.8, 4) is 34.3 Å². The topological polar surface area (TPSA) is 43.4 Å². The van der Waals surface area contributed by atoms with Crippen LogP contribution in [0.15, 0.2) is 115 Å². The van der Waals surface area contributed by atoms with Gasteiger partial charge in [0.05, 0.1) is 5.69 Å². The van der Waals surface area contributed by atoms with E-state index in [-0.39, 0.29) is 0 Å². The van der Waals surface area contributed by atoms with Gasteiger partial charge in [-0.1, -0.05) is 72.8 Å². The van der Waals surface area contributed by atoms with Gasteiger partial charge in [-0.05, 0) is 53.1 Å². The highest BCUT2D eigenvalue weighted by Crippen LogP contribution is 2.39. The molecule has 1 aliphatic rings. The average Bonchev–Trinajstić information content (AvgIpc) is 3.09. The summed E-state index contributed by atoms with van der Waals surface area (Å²) in [5.74, 6) is 2.65. The highest BCUT2D eigenvalue weighted by molar-refractivity contribution is 5.94. The monoisotopic (exact) mass is 454 g/mol. The number of pyridine rings is 1. The lowest BCUT2D eigenvalue weighted by Gasteiger charge is -2.16. The molecule has 0 bridgehead atoms. The molecular weight excluding hydrogens is 432 g/mol. The minimum absolute atomic E-state index is 0.541. The SMILES string of the molecule is C1=Cc2cccc(-c3cccc(Oc4cccc(Oc5ccccn5)c4)c3)c2Nc2ccccc21. The van der Waals surface area contributed by atoms with Gasteiger partial charge in [-0.2, -0.15) is 0 Å². The van der Waals surface area contributed by atoms with Crippen LogP contribution in [0.5, 0.6) is 23.1 Å². The number of rotatable bonds is 5. The standard InChI is InChI=1S/C31H22N2O2/c1-2-15-29-22(8-1)17-18-23-9-6-14-28(31(23)33-29)24-10-5-11-25(20-24)34-26-12-7-13-27(21-26)35-30-16-3-4-19-32-30/h1-21,33H. The van der Waals surface area contributed by atoms with Crippen molar-refractivity contribution in [3.05, 3.63) is 127 Å². The number of anilines is 2. The Balaban J connectivity index is 1.29. The molecule has 0 radical (unpaired) electrons. The van der Waals surface area contributed by atoms with Crippen molar-refractivity contribution in [2.45, 2.75) is 0 Å². The Morgan fingerprint density at radius 2 is 1.29 bits per heavy atom. The molecule has 0 atom stereocenters. The smallest absolute Gasteiger partial charge is 0.219 e. The molecule has 0 spiro atoms. The zero-order valence-corrected chi connectivity index (χ0v) is 18.9. The lowest BCUT2D eigenvalue weighted by atomic mass is 9.99. The highest BCUT2D eigenvalue weighted by Gasteiger charge is 2.14. The summed E-state index contributed by atoms with van der Waals surface area (Å²) in [7, 11) is 0. The first-order valence-electron chi connectivity index (χ1n) is 11.5. The maximum atomic E-state index is 6.21. The molecule has 4 nitrogen and oxygen atoms in total. The van der Waals surface area contributed by atoms with E-state index >= 15 is 0 Å². The van der Waals surface area contributed by atoms with Gasteiger partial charge < -0.3 is 14.8 Å². The van der Waals surface area contributed by atoms with Crippen molar-refractivity contribution in [2.24, 2.45) is 0 Å². The fourth-order valence-electron chi connectivity index (χ4n) is 4.15. The van der Waals surface area contributed by atoms with Crippen LogP contribution in [0.4, 0.5) is 11.4 Å². The molecule has 1 aliphatic heterocycles. The van der Waals surface area contributed by atoms with Gasteiger partial charge in [-0.15, -0.1) is 0 Å². The van der Waals surface area contributed by atoms with Gasteiger partial charge in [0.25, 0.3) is 0 Å². The molecule has 5 aromatic rings. The lowest BCUT2D eigenvalue weighted by molar-refractivity contribution is 0.449. The van der Waals surface area contributed by atoms with E-state index in [0.717, 1.165) is 33.8 Å². The van der Waals surface area contributed by atoms with Crippen molar-refractivity contribution >= 4 is 23.5 Å². The number of nitrogens with zero attached hydrogens (tertiary/aromatic N) is 1. The molecule has 1 aromatic heterocycles. The molecule has 2 heterocycles. The normalized spacial score (nSPS) is 11.5. The third-order valence-corrected chi connectivity index (χ3v) is 5.81. The van der Waals surface area contributed by atoms with Crippen LogP contribution in [-0.4, -0.2) is 4.98 Å². The number of ether oxygens (including phenoxy) is 2. The van der Waals surface area contributed by atoms with Crippen molar-refractivity contribution in [1.29, 1.82) is 0 Å². The largest absolute Gasteiger partial charge is 0.457 e. The van der Waals surface area contributed by atoms with Crippen molar-refractivity contribution < 1.29 is 9.47 Å². The third-order valence-electron chi connectivity index (χ3n) is 5.81. The van der Waals surface area contributed by atoms with Gasteiger partial charge in [0.1, 0.15) is 17.2 Å². The van der Waals surface area contributed by atoms with Crippen LogP contribution in [0, 0.1) is 0 Å². The van der Waals surface area contributed by atoms with E-state index in [1.54, 1.807) is 6.20 Å². The maximum absolute atomic E-state index is 6.21. The molecule has 168 valence electrons. The minimum atomic E-state index is 0.541. The molecule has 1 N–H and O–H groups in total. The Labute approximate surface area is 204 Å². The zero-order chi connectivity index (χ0) is 23.5. The quantitative estimate of drug-likeness (QED) is 0.283. The second kappa shape index (κ2) is 9.20. The molecule has 0 saturated heterocycles. The Morgan fingerprint density at radius 3 is 2.17 bits per heavy atom. The van der Waals surface area contributed by atoms with Crippen LogP contribution in [0.1, 0.15) is 11.1 Å². The number of fused-ring (bicyclic) bond motifs is 2. The molecule has 0 unspecified atom stereocenters. The van der Waals surface area contributed by atoms with Crippen LogP contribution < -0.4 is 14.8 Å². The summed E-state index contributed by atoms with van der Waals surface area (Å²) in [5, 5.41) is 3.64. The first-order valence-corrected chi connectivity index (χ1v) is 11.5. The van der Waals surface area contributed by atoms with E-state index in [1.807, 2.05) is 60.7 Å². The third kappa shape index (κ3) is 4.50. The predicted octanol–water partition coefficient (Wildman–Crippen LogP) is 8.56. The Kier molecular flexibility index (Phi) is 5.45. The molecule has 6 rings (SSSR count). The van der Waals surface area contributed by atoms with E-state index in [9.17, 15) is 0 Å². The van der Waals surface area contributed by atoms with E-state index in [4.69, 9.17) is 9.47 Å². The van der Waals surface area contributed by atoms with Gasteiger partial charge in [-0.25, -0.2) is 4.98 Å². The minimum Gasteiger partial charge on any atom is -0.457 e. The molecule has 0 saturated carbocycles. The number of benzene rings is 4. The van der Waals surface area contributed by atoms with Gasteiger partial charge in [0.2, 0.25) is 5.88 Å². The van der Waals surface area contributed by atoms with Crippen molar-refractivity contribution in [2.75, 3.05) is 5.32 Å². The predicted molar refractivity (Wildman–Crippen MR) is 141 cm³/mol. The van der Waals surface area contributed by atoms with Gasteiger partial charge in [0, 0.05) is 29.6 Å². The van der Waals surface area contributed by atoms with Crippen LogP contribution >= 0.6 is 0 Å². The second-order valence-corrected chi connectivity index (χ2v) is 8.19. The molecule has 0 aliphatic carbocycles. The Bertz CT molecular complexity index is 1530. The average molecular weight is 455 g/mol. The molecular formula is C31H22N2O2. The van der Waals surface area contributed by atoms with Crippen LogP contribution in [0.25, 0.3) is 23.3 Å². The van der Waals surface area contributed by atoms with Gasteiger partial charge in [-0.3, -0.25) is 0 Å². The lowest BCUT2D eigenvalue weighted by Crippen LogP contribution is -1.96. The van der Waals surface area contributed by atoms with Crippen molar-refractivity contribution in [1.82, 2.24) is 4.98 Å². The second-order valence-electron chi connectivity index (χ2n) is 8.19. The highest BCUT2D eigenvalue weighted by atomic mass is 16.5. The van der Waals surface area contributed by atoms with Gasteiger partial charge >= 0.3 is 0 Å². The summed E-state index contributed by atoms with van der Waals surface area (Å²) in [4.78, 5) is 4.22. The van der Waals surface area contributed by atoms with E-state index in [1.165, 1.54) is 5.56 Å². The molecule has 4 aromatic carbocycles. The fourth-order valence-corrected chi connectivity index (χ4v) is 4.15. The van der Waals surface area contributed by atoms with Crippen LogP contribution in [0.2, 0.25) is 0 Å². The Hall–Kier alpha value is -4.83. The number of nitrogens with one attached hydrogen (secondary N) is 1. The van der Waals surface area contributed by atoms with Gasteiger partial charge in [0.15, 0.2) is 0 Å². The van der Waals surface area contributed by atoms with E-state index in [0.29, 0.717) is 17.4 Å².